The topological polar surface area (TPSA) is 72.1 Å². The molecule has 4 rings (SSSR count). The second-order valence-electron chi connectivity index (χ2n) is 7.68. The van der Waals surface area contributed by atoms with Crippen molar-refractivity contribution < 1.29 is 18.7 Å². The third-order valence-corrected chi connectivity index (χ3v) is 6.56. The van der Waals surface area contributed by atoms with Gasteiger partial charge in [-0.3, -0.25) is 9.59 Å². The second-order valence-corrected chi connectivity index (χ2v) is 9.16. The molecule has 8 heteroatoms. The third kappa shape index (κ3) is 3.67. The van der Waals surface area contributed by atoms with Gasteiger partial charge in [-0.1, -0.05) is 29.8 Å². The van der Waals surface area contributed by atoms with E-state index in [1.165, 1.54) is 5.01 Å². The van der Waals surface area contributed by atoms with Crippen molar-refractivity contribution in [2.45, 2.75) is 37.1 Å². The molecule has 0 bridgehead atoms. The van der Waals surface area contributed by atoms with E-state index in [0.717, 1.165) is 16.8 Å². The van der Waals surface area contributed by atoms with Crippen molar-refractivity contribution in [2.75, 3.05) is 6.61 Å². The Bertz CT molecular complexity index is 969. The zero-order chi connectivity index (χ0) is 20.8. The number of benzene rings is 1. The SMILES string of the molecule is Cc1ccc(C2=NN(C(=O)COC(=O)[C@]3(C)CC3(Cl)Cl)[C@@H](c3ccco3)C2)cc1. The molecule has 1 fully saturated rings. The van der Waals surface area contributed by atoms with Crippen LogP contribution in [0.3, 0.4) is 0 Å². The average Bonchev–Trinajstić information content (AvgIpc) is 3.15. The van der Waals surface area contributed by atoms with Gasteiger partial charge in [-0.25, -0.2) is 5.01 Å². The van der Waals surface area contributed by atoms with Crippen molar-refractivity contribution in [1.29, 1.82) is 0 Å². The van der Waals surface area contributed by atoms with Crippen LogP contribution in [0.1, 0.15) is 42.7 Å². The zero-order valence-electron chi connectivity index (χ0n) is 16.0. The van der Waals surface area contributed by atoms with Crippen LogP contribution in [0.4, 0.5) is 0 Å². The highest BCUT2D eigenvalue weighted by atomic mass is 35.5. The van der Waals surface area contributed by atoms with Crippen molar-refractivity contribution in [1.82, 2.24) is 5.01 Å². The highest BCUT2D eigenvalue weighted by Gasteiger charge is 2.69. The summed E-state index contributed by atoms with van der Waals surface area (Å²) in [6, 6.07) is 11.1. The molecule has 0 unspecified atom stereocenters. The minimum absolute atomic E-state index is 0.296. The number of alkyl halides is 2. The van der Waals surface area contributed by atoms with Gasteiger partial charge in [-0.05, 0) is 31.5 Å². The normalized spacial score (nSPS) is 24.9. The van der Waals surface area contributed by atoms with E-state index >= 15 is 0 Å². The highest BCUT2D eigenvalue weighted by Crippen LogP contribution is 2.64. The average molecular weight is 435 g/mol. The van der Waals surface area contributed by atoms with Gasteiger partial charge in [0.2, 0.25) is 0 Å². The molecule has 1 aliphatic carbocycles. The predicted molar refractivity (Wildman–Crippen MR) is 109 cm³/mol. The number of carbonyl (C=O) groups excluding carboxylic acids is 2. The van der Waals surface area contributed by atoms with E-state index in [4.69, 9.17) is 32.4 Å². The summed E-state index contributed by atoms with van der Waals surface area (Å²) >= 11 is 12.0. The summed E-state index contributed by atoms with van der Waals surface area (Å²) < 4.78 is 9.57. The minimum atomic E-state index is -1.14. The number of aryl methyl sites for hydroxylation is 1. The van der Waals surface area contributed by atoms with Crippen molar-refractivity contribution in [3.05, 3.63) is 59.5 Å². The summed E-state index contributed by atoms with van der Waals surface area (Å²) in [4.78, 5) is 25.1. The Hall–Kier alpha value is -2.31. The quantitative estimate of drug-likeness (QED) is 0.516. The third-order valence-electron chi connectivity index (χ3n) is 5.46. The number of hydrazone groups is 1. The maximum Gasteiger partial charge on any atom is 0.315 e. The van der Waals surface area contributed by atoms with Gasteiger partial charge in [0.25, 0.3) is 5.91 Å². The number of hydrogen-bond acceptors (Lipinski definition) is 5. The van der Waals surface area contributed by atoms with Crippen LogP contribution in [0.2, 0.25) is 0 Å². The molecule has 2 aromatic rings. The van der Waals surface area contributed by atoms with E-state index in [1.807, 2.05) is 31.2 Å². The van der Waals surface area contributed by atoms with E-state index in [9.17, 15) is 9.59 Å². The van der Waals surface area contributed by atoms with Gasteiger partial charge in [0.1, 0.15) is 21.6 Å². The second kappa shape index (κ2) is 7.18. The van der Waals surface area contributed by atoms with Crippen molar-refractivity contribution in [3.63, 3.8) is 0 Å². The molecule has 1 amide bonds. The van der Waals surface area contributed by atoms with Gasteiger partial charge in [-0.15, -0.1) is 23.2 Å². The number of rotatable bonds is 5. The lowest BCUT2D eigenvalue weighted by Crippen LogP contribution is -2.33. The molecule has 1 aromatic carbocycles. The van der Waals surface area contributed by atoms with Gasteiger partial charge in [0.15, 0.2) is 6.61 Å². The Balaban J connectivity index is 1.51. The predicted octanol–water partition coefficient (Wildman–Crippen LogP) is 4.39. The first kappa shape index (κ1) is 20.0. The lowest BCUT2D eigenvalue weighted by Gasteiger charge is -2.20. The summed E-state index contributed by atoms with van der Waals surface area (Å²) in [5.74, 6) is -0.418. The number of halogens is 2. The Labute approximate surface area is 178 Å². The lowest BCUT2D eigenvalue weighted by atomic mass is 10.0. The molecular weight excluding hydrogens is 415 g/mol. The summed E-state index contributed by atoms with van der Waals surface area (Å²) in [7, 11) is 0. The van der Waals surface area contributed by atoms with Crippen LogP contribution in [0.5, 0.6) is 0 Å². The summed E-state index contributed by atoms with van der Waals surface area (Å²) in [6.45, 7) is 3.18. The number of nitrogens with zero attached hydrogens (tertiary/aromatic N) is 2. The monoisotopic (exact) mass is 434 g/mol. The first-order chi connectivity index (χ1) is 13.7. The maximum absolute atomic E-state index is 12.8. The molecule has 1 saturated carbocycles. The highest BCUT2D eigenvalue weighted by molar-refractivity contribution is 6.53. The fourth-order valence-corrected chi connectivity index (χ4v) is 4.03. The minimum Gasteiger partial charge on any atom is -0.467 e. The molecule has 0 radical (unpaired) electrons. The van der Waals surface area contributed by atoms with E-state index in [1.54, 1.807) is 25.3 Å². The fraction of sp³-hybridized carbons (Fsp3) is 0.381. The molecule has 29 heavy (non-hydrogen) atoms. The standard InChI is InChI=1S/C21H20Cl2N2O4/c1-13-5-7-14(8-6-13)15-10-16(17-4-3-9-28-17)25(24-15)18(26)11-29-19(27)20(2)12-21(20,22)23/h3-9,16H,10-12H2,1-2H3/t16-,20+/m1/s1. The van der Waals surface area contributed by atoms with Gasteiger partial charge in [-0.2, -0.15) is 5.10 Å². The molecule has 2 atom stereocenters. The van der Waals surface area contributed by atoms with Crippen LogP contribution < -0.4 is 0 Å². The molecule has 6 nitrogen and oxygen atoms in total. The summed E-state index contributed by atoms with van der Waals surface area (Å²) in [5, 5.41) is 5.83. The molecule has 0 spiro atoms. The Morgan fingerprint density at radius 1 is 1.28 bits per heavy atom. The van der Waals surface area contributed by atoms with E-state index in [-0.39, 0.29) is 0 Å². The largest absolute Gasteiger partial charge is 0.467 e. The summed E-state index contributed by atoms with van der Waals surface area (Å²) in [6.07, 6.45) is 2.35. The van der Waals surface area contributed by atoms with Crippen molar-refractivity contribution >= 4 is 40.8 Å². The van der Waals surface area contributed by atoms with Crippen molar-refractivity contribution in [3.8, 4) is 0 Å². The van der Waals surface area contributed by atoms with Gasteiger partial charge >= 0.3 is 5.97 Å². The molecular formula is C21H20Cl2N2O4. The number of furan rings is 1. The van der Waals surface area contributed by atoms with Crippen LogP contribution in [0.15, 0.2) is 52.2 Å². The molecule has 2 aliphatic rings. The van der Waals surface area contributed by atoms with E-state index < -0.39 is 34.3 Å². The molecule has 0 saturated heterocycles. The Morgan fingerprint density at radius 2 is 1.97 bits per heavy atom. The van der Waals surface area contributed by atoms with Crippen LogP contribution in [0, 0.1) is 12.3 Å². The first-order valence-corrected chi connectivity index (χ1v) is 10.0. The molecule has 1 aliphatic heterocycles. The van der Waals surface area contributed by atoms with Gasteiger partial charge in [0.05, 0.1) is 12.0 Å². The molecule has 1 aromatic heterocycles. The number of esters is 1. The van der Waals surface area contributed by atoms with Crippen LogP contribution >= 0.6 is 23.2 Å². The number of amides is 1. The van der Waals surface area contributed by atoms with Crippen LogP contribution in [-0.4, -0.2) is 33.5 Å². The van der Waals surface area contributed by atoms with Crippen LogP contribution in [0.25, 0.3) is 0 Å². The van der Waals surface area contributed by atoms with Crippen molar-refractivity contribution in [2.24, 2.45) is 10.5 Å². The number of ether oxygens (including phenoxy) is 1. The molecule has 0 N–H and O–H groups in total. The van der Waals surface area contributed by atoms with Gasteiger partial charge in [0, 0.05) is 12.8 Å². The fourth-order valence-electron chi connectivity index (χ4n) is 3.34. The molecule has 2 heterocycles. The van der Waals surface area contributed by atoms with E-state index in [2.05, 4.69) is 5.10 Å². The van der Waals surface area contributed by atoms with Crippen LogP contribution in [-0.2, 0) is 14.3 Å². The lowest BCUT2D eigenvalue weighted by molar-refractivity contribution is -0.157. The Kier molecular flexibility index (Phi) is 4.95. The molecule has 152 valence electrons. The zero-order valence-corrected chi connectivity index (χ0v) is 17.5. The smallest absolute Gasteiger partial charge is 0.315 e. The maximum atomic E-state index is 12.8. The van der Waals surface area contributed by atoms with E-state index in [0.29, 0.717) is 18.6 Å². The summed E-state index contributed by atoms with van der Waals surface area (Å²) in [5.41, 5.74) is 1.84. The number of hydrogen-bond donors (Lipinski definition) is 0. The first-order valence-electron chi connectivity index (χ1n) is 9.26. The Morgan fingerprint density at radius 3 is 2.55 bits per heavy atom. The van der Waals surface area contributed by atoms with Gasteiger partial charge < -0.3 is 9.15 Å². The number of carbonyl (C=O) groups is 2.